The van der Waals surface area contributed by atoms with E-state index in [1.165, 1.54) is 16.1 Å². The Kier molecular flexibility index (Phi) is 12.2. The Labute approximate surface area is 277 Å². The van der Waals surface area contributed by atoms with Crippen molar-refractivity contribution in [2.24, 2.45) is 5.34 Å². The zero-order chi connectivity index (χ0) is 33.2. The van der Waals surface area contributed by atoms with Crippen LogP contribution in [0.25, 0.3) is 21.7 Å². The summed E-state index contributed by atoms with van der Waals surface area (Å²) in [5.74, 6) is 0. The molecule has 15 nitrogen and oxygen atoms in total. The summed E-state index contributed by atoms with van der Waals surface area (Å²) in [5, 5.41) is 29.0. The predicted octanol–water partition coefficient (Wildman–Crippen LogP) is 4.12. The molecule has 0 radical (unpaired) electrons. The Morgan fingerprint density at radius 1 is 0.723 bits per heavy atom. The molecule has 0 bridgehead atoms. The van der Waals surface area contributed by atoms with Crippen LogP contribution in [-0.2, 0) is 30.5 Å². The maximum Gasteiger partial charge on any atom is 0.522 e. The molecular formula is C26H22BF3N10O5PdS-2. The molecule has 248 valence electrons. The molecule has 0 aliphatic carbocycles. The van der Waals surface area contributed by atoms with E-state index in [0.29, 0.717) is 0 Å². The number of benzene rings is 2. The third-order valence-electron chi connectivity index (χ3n) is 6.22. The van der Waals surface area contributed by atoms with Gasteiger partial charge in [0.15, 0.2) is 5.34 Å². The van der Waals surface area contributed by atoms with Crippen molar-refractivity contribution in [2.45, 2.75) is 5.51 Å². The van der Waals surface area contributed by atoms with Crippen LogP contribution in [0.4, 0.5) is 13.2 Å². The first kappa shape index (κ1) is 36.2. The summed E-state index contributed by atoms with van der Waals surface area (Å²) in [7, 11) is -5.84. The van der Waals surface area contributed by atoms with Gasteiger partial charge in [-0.2, -0.15) is 21.6 Å². The topological polar surface area (TPSA) is 188 Å². The number of aromatic nitrogens is 9. The third kappa shape index (κ3) is 8.14. The van der Waals surface area contributed by atoms with Gasteiger partial charge in [-0.25, -0.2) is 20.4 Å². The van der Waals surface area contributed by atoms with Crippen LogP contribution in [-0.4, -0.2) is 74.1 Å². The van der Waals surface area contributed by atoms with Crippen LogP contribution in [0.1, 0.15) is 0 Å². The maximum atomic E-state index is 10.7. The fraction of sp³-hybridized carbons (Fsp3) is 0.0385. The first-order valence-electron chi connectivity index (χ1n) is 12.8. The Balaban J connectivity index is 0.000000200. The average Bonchev–Trinajstić information content (AvgIpc) is 3.88. The van der Waals surface area contributed by atoms with E-state index in [1.54, 1.807) is 24.8 Å². The fourth-order valence-electron chi connectivity index (χ4n) is 4.40. The van der Waals surface area contributed by atoms with Crippen molar-refractivity contribution < 1.29 is 51.8 Å². The number of hydrogen-bond donors (Lipinski definition) is 2. The van der Waals surface area contributed by atoms with Crippen LogP contribution in [0, 0.1) is 11.0 Å². The first-order valence-corrected chi connectivity index (χ1v) is 14.3. The normalized spacial score (nSPS) is 11.1. The van der Waals surface area contributed by atoms with Gasteiger partial charge < -0.3 is 28.6 Å². The van der Waals surface area contributed by atoms with Gasteiger partial charge in [0.25, 0.3) is 0 Å². The predicted molar refractivity (Wildman–Crippen MR) is 160 cm³/mol. The van der Waals surface area contributed by atoms with Gasteiger partial charge in [-0.3, -0.25) is 4.55 Å². The monoisotopic (exact) mass is 760 g/mol. The number of nitrogens with zero attached hydrogens (tertiary/aromatic N) is 10. The maximum absolute atomic E-state index is 10.7. The van der Waals surface area contributed by atoms with Gasteiger partial charge in [0.05, 0.1) is 0 Å². The summed E-state index contributed by atoms with van der Waals surface area (Å²) >= 11 is 0. The Morgan fingerprint density at radius 2 is 1.13 bits per heavy atom. The van der Waals surface area contributed by atoms with E-state index in [-0.39, 0.29) is 20.4 Å². The van der Waals surface area contributed by atoms with Crippen LogP contribution in [0.15, 0.2) is 128 Å². The van der Waals surface area contributed by atoms with Gasteiger partial charge in [-0.1, -0.05) is 18.2 Å². The number of fused-ring (bicyclic) bond motifs is 3. The molecule has 0 aliphatic rings. The van der Waals surface area contributed by atoms with Crippen molar-refractivity contribution in [2.75, 3.05) is 0 Å². The summed E-state index contributed by atoms with van der Waals surface area (Å²) in [5.41, 5.74) is -4.50. The van der Waals surface area contributed by atoms with E-state index >= 15 is 0 Å². The third-order valence-corrected chi connectivity index (χ3v) is 6.80. The van der Waals surface area contributed by atoms with E-state index in [9.17, 15) is 13.2 Å². The second-order valence-corrected chi connectivity index (χ2v) is 10.3. The molecule has 0 saturated carbocycles. The van der Waals surface area contributed by atoms with Crippen LogP contribution in [0.3, 0.4) is 0 Å². The number of hydrogen-bond acceptors (Lipinski definition) is 9. The molecule has 5 aromatic heterocycles. The SMILES string of the molecule is O=NO.O=S(=O)(O)C(F)(F)F.[Pd].[c-]1cccc2ccc3cccnc3c12.c1cnn([B-](n2cccn2)(n2cccn2)n2cccn2)c1. The fourth-order valence-corrected chi connectivity index (χ4v) is 4.40. The second kappa shape index (κ2) is 15.9. The molecule has 0 fully saturated rings. The summed E-state index contributed by atoms with van der Waals surface area (Å²) in [6.45, 7) is -1.83. The van der Waals surface area contributed by atoms with E-state index in [2.05, 4.69) is 55.7 Å². The van der Waals surface area contributed by atoms with Crippen molar-refractivity contribution in [1.29, 1.82) is 0 Å². The van der Waals surface area contributed by atoms with E-state index in [4.69, 9.17) is 23.1 Å². The number of rotatable bonds is 4. The standard InChI is InChI=1S/C13H8N.C12H12BN8.CHF3O3S.HNO2.Pd/c1-2-6-12-10(4-1)7-8-11-5-3-9-14-13(11)12;1-5-14-18(9-1)13(19-10-2-6-15-19,20-11-3-7-16-20)21-12-4-8-17-21;2-1(3,4)8(5,6)7;2-1-3;/h1-5,7-9H;1-12H;(H,5,6,7);(H,2,3);/q2*-1;;;. The molecule has 0 spiro atoms. The zero-order valence-corrected chi connectivity index (χ0v) is 25.9. The van der Waals surface area contributed by atoms with E-state index < -0.39 is 22.3 Å². The number of halogens is 3. The van der Waals surface area contributed by atoms with Gasteiger partial charge in [0.2, 0.25) is 0 Å². The van der Waals surface area contributed by atoms with Crippen molar-refractivity contribution in [3.05, 3.63) is 133 Å². The zero-order valence-electron chi connectivity index (χ0n) is 23.6. The molecule has 2 N–H and O–H groups in total. The van der Waals surface area contributed by atoms with E-state index in [0.717, 1.165) is 10.9 Å². The molecule has 21 heteroatoms. The number of pyridine rings is 1. The first-order chi connectivity index (χ1) is 22.0. The Hall–Kier alpha value is -5.22. The summed E-state index contributed by atoms with van der Waals surface area (Å²) in [6.07, 6.45) is 16.3. The molecule has 7 aromatic rings. The minimum Gasteiger partial charge on any atom is -0.379 e. The Morgan fingerprint density at radius 3 is 1.51 bits per heavy atom. The van der Waals surface area contributed by atoms with Gasteiger partial charge in [0, 0.05) is 51.4 Å². The largest absolute Gasteiger partial charge is 0.522 e. The van der Waals surface area contributed by atoms with Gasteiger partial charge in [0.1, 0.15) is 0 Å². The summed E-state index contributed by atoms with van der Waals surface area (Å²) in [6, 6.07) is 24.9. The van der Waals surface area contributed by atoms with Gasteiger partial charge >= 0.3 is 22.3 Å². The molecule has 0 aliphatic heterocycles. The molecule has 0 unspecified atom stereocenters. The van der Waals surface area contributed by atoms with E-state index in [1.807, 2.05) is 91.8 Å². The molecule has 0 amide bonds. The second-order valence-electron chi connectivity index (χ2n) is 8.91. The number of alkyl halides is 3. The van der Waals surface area contributed by atoms with Crippen molar-refractivity contribution in [1.82, 2.24) is 43.7 Å². The summed E-state index contributed by atoms with van der Waals surface area (Å²) in [4.78, 5) is 12.5. The minimum atomic E-state index is -5.84. The van der Waals surface area contributed by atoms with Crippen LogP contribution in [0.5, 0.6) is 0 Å². The smallest absolute Gasteiger partial charge is 0.379 e. The van der Waals surface area contributed by atoms with Crippen LogP contribution < -0.4 is 0 Å². The molecule has 0 atom stereocenters. The van der Waals surface area contributed by atoms with Gasteiger partial charge in [-0.05, 0) is 66.0 Å². The average molecular weight is 761 g/mol. The molecule has 5 heterocycles. The molecule has 0 saturated heterocycles. The molecule has 47 heavy (non-hydrogen) atoms. The molecule has 2 aromatic carbocycles. The molecule has 7 rings (SSSR count). The van der Waals surface area contributed by atoms with Crippen LogP contribution in [0.2, 0.25) is 0 Å². The minimum absolute atomic E-state index is 0. The van der Waals surface area contributed by atoms with Gasteiger partial charge in [-0.15, -0.1) is 39.9 Å². The molecular weight excluding hydrogens is 739 g/mol. The van der Waals surface area contributed by atoms with Crippen molar-refractivity contribution in [3.8, 4) is 0 Å². The van der Waals surface area contributed by atoms with Crippen LogP contribution >= 0.6 is 0 Å². The van der Waals surface area contributed by atoms with Crippen molar-refractivity contribution >= 4 is 38.5 Å². The Bertz CT molecular complexity index is 1870. The van der Waals surface area contributed by atoms with Crippen molar-refractivity contribution in [3.63, 3.8) is 0 Å². The quantitative estimate of drug-likeness (QED) is 0.0503. The summed E-state index contributed by atoms with van der Waals surface area (Å²) < 4.78 is 64.8.